The fourth-order valence-electron chi connectivity index (χ4n) is 1.78. The van der Waals surface area contributed by atoms with E-state index in [9.17, 15) is 10.1 Å². The molecule has 0 saturated heterocycles. The van der Waals surface area contributed by atoms with E-state index in [1.807, 2.05) is 13.0 Å². The van der Waals surface area contributed by atoms with Crippen molar-refractivity contribution in [2.24, 2.45) is 5.84 Å². The van der Waals surface area contributed by atoms with Crippen molar-refractivity contribution in [3.63, 3.8) is 0 Å². The number of hydrogen-bond donors (Lipinski definition) is 3. The summed E-state index contributed by atoms with van der Waals surface area (Å²) in [7, 11) is 0. The molecule has 1 atom stereocenters. The van der Waals surface area contributed by atoms with Crippen molar-refractivity contribution in [1.29, 1.82) is 0 Å². The van der Waals surface area contributed by atoms with E-state index < -0.39 is 4.92 Å². The summed E-state index contributed by atoms with van der Waals surface area (Å²) < 4.78 is 5.23. The predicted molar refractivity (Wildman–Crippen MR) is 72.0 cm³/mol. The lowest BCUT2D eigenvalue weighted by Gasteiger charge is -2.13. The molecule has 2 aromatic rings. The normalized spacial score (nSPS) is 11.9. The maximum absolute atomic E-state index is 11.1. The van der Waals surface area contributed by atoms with Crippen molar-refractivity contribution < 1.29 is 9.34 Å². The third-order valence-corrected chi connectivity index (χ3v) is 2.61. The highest BCUT2D eigenvalue weighted by molar-refractivity contribution is 5.69. The molecule has 20 heavy (non-hydrogen) atoms. The zero-order chi connectivity index (χ0) is 14.5. The maximum atomic E-state index is 11.1. The van der Waals surface area contributed by atoms with Gasteiger partial charge in [0.15, 0.2) is 0 Å². The molecule has 0 aliphatic heterocycles. The molecule has 9 heteroatoms. The van der Waals surface area contributed by atoms with Crippen LogP contribution < -0.4 is 16.6 Å². The van der Waals surface area contributed by atoms with Gasteiger partial charge in [0.2, 0.25) is 11.6 Å². The smallest absolute Gasteiger partial charge is 0.354 e. The van der Waals surface area contributed by atoms with E-state index in [2.05, 4.69) is 20.7 Å². The quantitative estimate of drug-likeness (QED) is 0.409. The van der Waals surface area contributed by atoms with E-state index in [4.69, 9.17) is 10.3 Å². The highest BCUT2D eigenvalue weighted by Gasteiger charge is 2.23. The van der Waals surface area contributed by atoms with Gasteiger partial charge in [-0.2, -0.15) is 0 Å². The molecule has 2 aromatic heterocycles. The molecule has 0 aliphatic rings. The lowest BCUT2D eigenvalue weighted by Crippen LogP contribution is -2.21. The lowest BCUT2D eigenvalue weighted by atomic mass is 10.2. The minimum absolute atomic E-state index is 0.0438. The first-order chi connectivity index (χ1) is 9.61. The average molecular weight is 278 g/mol. The molecule has 9 nitrogen and oxygen atoms in total. The van der Waals surface area contributed by atoms with Gasteiger partial charge >= 0.3 is 5.69 Å². The summed E-state index contributed by atoms with van der Waals surface area (Å²) in [6.45, 7) is 1.86. The molecule has 0 bridgehead atoms. The van der Waals surface area contributed by atoms with Gasteiger partial charge in [-0.3, -0.25) is 10.1 Å². The summed E-state index contributed by atoms with van der Waals surface area (Å²) in [6, 6.07) is 3.51. The molecule has 0 spiro atoms. The standard InChI is InChI=1S/C11H14N6O3/c1-7(5-8-3-2-4-20-8)15-10-9(17(18)19)11(16-12)14-6-13-10/h2-4,6-7H,5,12H2,1H3,(H2,13,14,15,16). The van der Waals surface area contributed by atoms with Crippen molar-refractivity contribution in [1.82, 2.24) is 9.97 Å². The Hall–Kier alpha value is -2.68. The van der Waals surface area contributed by atoms with Gasteiger partial charge in [0, 0.05) is 12.5 Å². The number of anilines is 2. The third-order valence-electron chi connectivity index (χ3n) is 2.61. The molecular formula is C11H14N6O3. The Morgan fingerprint density at radius 2 is 2.25 bits per heavy atom. The molecule has 0 aliphatic carbocycles. The zero-order valence-corrected chi connectivity index (χ0v) is 10.7. The van der Waals surface area contributed by atoms with Crippen LogP contribution in [0, 0.1) is 10.1 Å². The molecule has 1 unspecified atom stereocenters. The van der Waals surface area contributed by atoms with Crippen LogP contribution in [0.5, 0.6) is 0 Å². The summed E-state index contributed by atoms with van der Waals surface area (Å²) >= 11 is 0. The predicted octanol–water partition coefficient (Wildman–Crippen LogP) is 1.31. The first kappa shape index (κ1) is 13.7. The Balaban J connectivity index is 2.18. The highest BCUT2D eigenvalue weighted by atomic mass is 16.6. The second-order valence-electron chi connectivity index (χ2n) is 4.15. The van der Waals surface area contributed by atoms with Crippen molar-refractivity contribution in [3.05, 3.63) is 40.6 Å². The van der Waals surface area contributed by atoms with Crippen LogP contribution in [-0.2, 0) is 6.42 Å². The zero-order valence-electron chi connectivity index (χ0n) is 10.7. The fourth-order valence-corrected chi connectivity index (χ4v) is 1.78. The molecule has 0 fully saturated rings. The number of nitrogen functional groups attached to an aromatic ring is 1. The molecule has 2 rings (SSSR count). The Morgan fingerprint density at radius 1 is 1.50 bits per heavy atom. The number of nitrogens with one attached hydrogen (secondary N) is 2. The second-order valence-corrected chi connectivity index (χ2v) is 4.15. The fraction of sp³-hybridized carbons (Fsp3) is 0.273. The van der Waals surface area contributed by atoms with E-state index in [1.165, 1.54) is 6.33 Å². The number of nitrogens with zero attached hydrogens (tertiary/aromatic N) is 3. The SMILES string of the molecule is CC(Cc1ccco1)Nc1ncnc(NN)c1[N+](=O)[O-]. The highest BCUT2D eigenvalue weighted by Crippen LogP contribution is 2.28. The van der Waals surface area contributed by atoms with Gasteiger partial charge in [0.25, 0.3) is 0 Å². The minimum Gasteiger partial charge on any atom is -0.469 e. The van der Waals surface area contributed by atoms with Crippen LogP contribution in [0.25, 0.3) is 0 Å². The van der Waals surface area contributed by atoms with Crippen LogP contribution in [0.15, 0.2) is 29.1 Å². The summed E-state index contributed by atoms with van der Waals surface area (Å²) in [5, 5.41) is 14.0. The Labute approximate surface area is 114 Å². The number of furan rings is 1. The average Bonchev–Trinajstić information content (AvgIpc) is 2.90. The van der Waals surface area contributed by atoms with Gasteiger partial charge in [0.05, 0.1) is 11.2 Å². The van der Waals surface area contributed by atoms with E-state index in [0.717, 1.165) is 5.76 Å². The van der Waals surface area contributed by atoms with Crippen molar-refractivity contribution in [2.45, 2.75) is 19.4 Å². The molecule has 0 aromatic carbocycles. The Bertz CT molecular complexity index is 586. The van der Waals surface area contributed by atoms with Crippen LogP contribution in [0.2, 0.25) is 0 Å². The van der Waals surface area contributed by atoms with Gasteiger partial charge in [-0.15, -0.1) is 0 Å². The number of nitro groups is 1. The van der Waals surface area contributed by atoms with E-state index >= 15 is 0 Å². The van der Waals surface area contributed by atoms with E-state index in [1.54, 1.807) is 12.3 Å². The molecule has 4 N–H and O–H groups in total. The number of nitrogens with two attached hydrogens (primary N) is 1. The summed E-state index contributed by atoms with van der Waals surface area (Å²) in [6.07, 6.45) is 3.34. The van der Waals surface area contributed by atoms with Crippen molar-refractivity contribution in [2.75, 3.05) is 10.7 Å². The largest absolute Gasteiger partial charge is 0.469 e. The Kier molecular flexibility index (Phi) is 4.11. The summed E-state index contributed by atoms with van der Waals surface area (Å²) in [5.41, 5.74) is 1.89. The minimum atomic E-state index is -0.586. The number of aromatic nitrogens is 2. The first-order valence-corrected chi connectivity index (χ1v) is 5.86. The second kappa shape index (κ2) is 5.97. The molecule has 2 heterocycles. The molecule has 0 radical (unpaired) electrons. The number of hydrazine groups is 1. The first-order valence-electron chi connectivity index (χ1n) is 5.86. The molecule has 106 valence electrons. The summed E-state index contributed by atoms with van der Waals surface area (Å²) in [4.78, 5) is 18.1. The monoisotopic (exact) mass is 278 g/mol. The van der Waals surface area contributed by atoms with Gasteiger partial charge < -0.3 is 15.2 Å². The number of rotatable bonds is 6. The molecule has 0 saturated carbocycles. The third kappa shape index (κ3) is 3.01. The van der Waals surface area contributed by atoms with Crippen LogP contribution in [0.3, 0.4) is 0 Å². The van der Waals surface area contributed by atoms with Crippen molar-refractivity contribution >= 4 is 17.3 Å². The molecular weight excluding hydrogens is 264 g/mol. The van der Waals surface area contributed by atoms with Crippen molar-refractivity contribution in [3.8, 4) is 0 Å². The summed E-state index contributed by atoms with van der Waals surface area (Å²) in [5.74, 6) is 6.05. The van der Waals surface area contributed by atoms with Crippen LogP contribution >= 0.6 is 0 Å². The van der Waals surface area contributed by atoms with Gasteiger partial charge in [-0.05, 0) is 19.1 Å². The Morgan fingerprint density at radius 3 is 2.85 bits per heavy atom. The van der Waals surface area contributed by atoms with Gasteiger partial charge in [-0.1, -0.05) is 0 Å². The van der Waals surface area contributed by atoms with E-state index in [0.29, 0.717) is 6.42 Å². The van der Waals surface area contributed by atoms with Gasteiger partial charge in [-0.25, -0.2) is 15.8 Å². The lowest BCUT2D eigenvalue weighted by molar-refractivity contribution is -0.383. The topological polar surface area (TPSA) is 132 Å². The van der Waals surface area contributed by atoms with Crippen LogP contribution in [-0.4, -0.2) is 20.9 Å². The maximum Gasteiger partial charge on any atom is 0.354 e. The van der Waals surface area contributed by atoms with Gasteiger partial charge in [0.1, 0.15) is 12.1 Å². The number of hydrogen-bond acceptors (Lipinski definition) is 8. The van der Waals surface area contributed by atoms with E-state index in [-0.39, 0.29) is 23.4 Å². The molecule has 0 amide bonds. The van der Waals surface area contributed by atoms with Crippen LogP contribution in [0.1, 0.15) is 12.7 Å². The van der Waals surface area contributed by atoms with Crippen LogP contribution in [0.4, 0.5) is 17.3 Å².